The molecular formula is C13H27N3O. The van der Waals surface area contributed by atoms with E-state index in [1.807, 2.05) is 13.8 Å². The second-order valence-electron chi connectivity index (χ2n) is 5.70. The molecule has 1 aliphatic rings. The lowest BCUT2D eigenvalue weighted by Gasteiger charge is -2.23. The molecule has 1 atom stereocenters. The van der Waals surface area contributed by atoms with E-state index < -0.39 is 0 Å². The van der Waals surface area contributed by atoms with Gasteiger partial charge in [-0.25, -0.2) is 0 Å². The molecule has 4 heteroatoms. The normalized spacial score (nSPS) is 21.9. The number of amidine groups is 1. The molecule has 1 saturated heterocycles. The Labute approximate surface area is 105 Å². The number of nitrogens with one attached hydrogen (secondary N) is 1. The van der Waals surface area contributed by atoms with Crippen molar-refractivity contribution in [1.29, 1.82) is 5.41 Å². The van der Waals surface area contributed by atoms with E-state index in [9.17, 15) is 0 Å². The fourth-order valence-corrected chi connectivity index (χ4v) is 2.23. The number of ether oxygens (including phenoxy) is 1. The first kappa shape index (κ1) is 14.5. The minimum absolute atomic E-state index is 0.139. The van der Waals surface area contributed by atoms with Crippen molar-refractivity contribution in [1.82, 2.24) is 4.90 Å². The zero-order chi connectivity index (χ0) is 12.9. The van der Waals surface area contributed by atoms with Crippen molar-refractivity contribution in [3.8, 4) is 0 Å². The third-order valence-corrected chi connectivity index (χ3v) is 3.82. The third kappa shape index (κ3) is 4.64. The van der Waals surface area contributed by atoms with E-state index in [0.717, 1.165) is 38.9 Å². The average Bonchev–Trinajstić information content (AvgIpc) is 2.72. The van der Waals surface area contributed by atoms with Gasteiger partial charge in [-0.1, -0.05) is 20.3 Å². The Hall–Kier alpha value is -0.610. The van der Waals surface area contributed by atoms with Gasteiger partial charge in [0.1, 0.15) is 0 Å². The lowest BCUT2D eigenvalue weighted by atomic mass is 9.86. The first-order chi connectivity index (χ1) is 7.95. The fraction of sp³-hybridized carbons (Fsp3) is 0.923. The Kier molecular flexibility index (Phi) is 5.40. The van der Waals surface area contributed by atoms with Crippen LogP contribution in [-0.2, 0) is 4.74 Å². The molecule has 1 rings (SSSR count). The molecule has 0 aromatic rings. The molecule has 1 heterocycles. The monoisotopic (exact) mass is 241 g/mol. The van der Waals surface area contributed by atoms with Gasteiger partial charge in [0.2, 0.25) is 0 Å². The highest BCUT2D eigenvalue weighted by Gasteiger charge is 2.23. The van der Waals surface area contributed by atoms with Crippen LogP contribution in [-0.4, -0.2) is 43.6 Å². The van der Waals surface area contributed by atoms with Gasteiger partial charge in [0.05, 0.1) is 11.9 Å². The van der Waals surface area contributed by atoms with E-state index in [4.69, 9.17) is 15.9 Å². The van der Waals surface area contributed by atoms with Crippen molar-refractivity contribution in [3.63, 3.8) is 0 Å². The van der Waals surface area contributed by atoms with Crippen molar-refractivity contribution in [2.45, 2.75) is 45.6 Å². The minimum Gasteiger partial charge on any atom is -0.387 e. The zero-order valence-corrected chi connectivity index (χ0v) is 11.5. The fourth-order valence-electron chi connectivity index (χ4n) is 2.23. The van der Waals surface area contributed by atoms with Gasteiger partial charge in [-0.3, -0.25) is 5.41 Å². The third-order valence-electron chi connectivity index (χ3n) is 3.82. The number of hydrogen-bond donors (Lipinski definition) is 2. The summed E-state index contributed by atoms with van der Waals surface area (Å²) in [5.74, 6) is 0.304. The average molecular weight is 241 g/mol. The highest BCUT2D eigenvalue weighted by molar-refractivity contribution is 5.82. The number of nitrogens with two attached hydrogens (primary N) is 1. The highest BCUT2D eigenvalue weighted by atomic mass is 16.5. The van der Waals surface area contributed by atoms with Gasteiger partial charge in [0.25, 0.3) is 0 Å². The van der Waals surface area contributed by atoms with Crippen molar-refractivity contribution in [2.24, 2.45) is 11.1 Å². The Balaban J connectivity index is 2.11. The van der Waals surface area contributed by atoms with Gasteiger partial charge in [0, 0.05) is 25.6 Å². The SMILES string of the molecule is COC1CCN(CCCCC(C)(C)C(=N)N)C1. The Morgan fingerprint density at radius 2 is 2.18 bits per heavy atom. The molecule has 0 aliphatic carbocycles. The second-order valence-corrected chi connectivity index (χ2v) is 5.70. The van der Waals surface area contributed by atoms with Gasteiger partial charge in [0.15, 0.2) is 0 Å². The van der Waals surface area contributed by atoms with Gasteiger partial charge in [-0.05, 0) is 25.8 Å². The van der Waals surface area contributed by atoms with Crippen LogP contribution in [0, 0.1) is 10.8 Å². The summed E-state index contributed by atoms with van der Waals surface area (Å²) in [5.41, 5.74) is 5.43. The summed E-state index contributed by atoms with van der Waals surface area (Å²) in [7, 11) is 1.80. The Bertz CT molecular complexity index is 253. The molecule has 1 aliphatic heterocycles. The molecule has 100 valence electrons. The number of unbranched alkanes of at least 4 members (excludes halogenated alkanes) is 1. The predicted molar refractivity (Wildman–Crippen MR) is 71.4 cm³/mol. The summed E-state index contributed by atoms with van der Waals surface area (Å²) >= 11 is 0. The van der Waals surface area contributed by atoms with Crippen molar-refractivity contribution in [3.05, 3.63) is 0 Å². The van der Waals surface area contributed by atoms with Crippen molar-refractivity contribution < 1.29 is 4.74 Å². The van der Waals surface area contributed by atoms with Gasteiger partial charge >= 0.3 is 0 Å². The summed E-state index contributed by atoms with van der Waals surface area (Å²) < 4.78 is 5.35. The van der Waals surface area contributed by atoms with Gasteiger partial charge in [-0.15, -0.1) is 0 Å². The van der Waals surface area contributed by atoms with Crippen LogP contribution >= 0.6 is 0 Å². The molecule has 0 aromatic carbocycles. The minimum atomic E-state index is -0.139. The summed E-state index contributed by atoms with van der Waals surface area (Å²) in [6.45, 7) is 7.48. The number of nitrogens with zero attached hydrogens (tertiary/aromatic N) is 1. The van der Waals surface area contributed by atoms with Crippen LogP contribution in [0.2, 0.25) is 0 Å². The smallest absolute Gasteiger partial charge is 0.0963 e. The summed E-state index contributed by atoms with van der Waals surface area (Å²) in [6.07, 6.45) is 4.93. The van der Waals surface area contributed by atoms with E-state index in [2.05, 4.69) is 4.90 Å². The number of hydrogen-bond acceptors (Lipinski definition) is 3. The molecule has 0 spiro atoms. The van der Waals surface area contributed by atoms with Crippen LogP contribution in [0.1, 0.15) is 39.5 Å². The first-order valence-electron chi connectivity index (χ1n) is 6.55. The van der Waals surface area contributed by atoms with Gasteiger partial charge < -0.3 is 15.4 Å². The van der Waals surface area contributed by atoms with E-state index >= 15 is 0 Å². The molecule has 4 nitrogen and oxygen atoms in total. The topological polar surface area (TPSA) is 62.3 Å². The van der Waals surface area contributed by atoms with Crippen molar-refractivity contribution >= 4 is 5.84 Å². The molecular weight excluding hydrogens is 214 g/mol. The van der Waals surface area contributed by atoms with Gasteiger partial charge in [-0.2, -0.15) is 0 Å². The number of likely N-dealkylation sites (tertiary alicyclic amines) is 1. The zero-order valence-electron chi connectivity index (χ0n) is 11.5. The van der Waals surface area contributed by atoms with Crippen LogP contribution in [0.5, 0.6) is 0 Å². The summed E-state index contributed by atoms with van der Waals surface area (Å²) in [6, 6.07) is 0. The maximum atomic E-state index is 7.50. The molecule has 0 aromatic heterocycles. The molecule has 0 radical (unpaired) electrons. The van der Waals surface area contributed by atoms with Crippen LogP contribution < -0.4 is 5.73 Å². The van der Waals surface area contributed by atoms with Crippen molar-refractivity contribution in [2.75, 3.05) is 26.7 Å². The van der Waals surface area contributed by atoms with E-state index in [0.29, 0.717) is 11.9 Å². The van der Waals surface area contributed by atoms with Crippen LogP contribution in [0.4, 0.5) is 0 Å². The predicted octanol–water partition coefficient (Wildman–Crippen LogP) is 1.84. The molecule has 1 fully saturated rings. The lowest BCUT2D eigenvalue weighted by Crippen LogP contribution is -2.31. The quantitative estimate of drug-likeness (QED) is 0.406. The molecule has 0 bridgehead atoms. The summed E-state index contributed by atoms with van der Waals surface area (Å²) in [5, 5.41) is 7.50. The molecule has 17 heavy (non-hydrogen) atoms. The largest absolute Gasteiger partial charge is 0.387 e. The Morgan fingerprint density at radius 3 is 2.71 bits per heavy atom. The van der Waals surface area contributed by atoms with E-state index in [-0.39, 0.29) is 5.41 Å². The molecule has 1 unspecified atom stereocenters. The highest BCUT2D eigenvalue weighted by Crippen LogP contribution is 2.23. The van der Waals surface area contributed by atoms with Crippen LogP contribution in [0.15, 0.2) is 0 Å². The van der Waals surface area contributed by atoms with E-state index in [1.54, 1.807) is 7.11 Å². The maximum Gasteiger partial charge on any atom is 0.0963 e. The van der Waals surface area contributed by atoms with Crippen LogP contribution in [0.25, 0.3) is 0 Å². The standard InChI is InChI=1S/C13H27N3O/c1-13(2,12(14)15)7-4-5-8-16-9-6-11(10-16)17-3/h11H,4-10H2,1-3H3,(H3,14,15). The number of methoxy groups -OCH3 is 1. The second kappa shape index (κ2) is 6.36. The number of rotatable bonds is 7. The van der Waals surface area contributed by atoms with Crippen LogP contribution in [0.3, 0.4) is 0 Å². The lowest BCUT2D eigenvalue weighted by molar-refractivity contribution is 0.108. The Morgan fingerprint density at radius 1 is 1.47 bits per heavy atom. The molecule has 0 saturated carbocycles. The molecule has 0 amide bonds. The molecule has 3 N–H and O–H groups in total. The summed E-state index contributed by atoms with van der Waals surface area (Å²) in [4.78, 5) is 2.47. The first-order valence-corrected chi connectivity index (χ1v) is 6.55. The maximum absolute atomic E-state index is 7.50. The van der Waals surface area contributed by atoms with E-state index in [1.165, 1.54) is 6.42 Å².